The number of aromatic nitrogens is 1. The van der Waals surface area contributed by atoms with Crippen molar-refractivity contribution >= 4 is 5.78 Å². The molecule has 0 saturated carbocycles. The lowest BCUT2D eigenvalue weighted by atomic mass is 10.0. The monoisotopic (exact) mass is 293 g/mol. The maximum atomic E-state index is 12.8. The Morgan fingerprint density at radius 3 is 2.43 bits per heavy atom. The third-order valence-electron chi connectivity index (χ3n) is 4.10. The third-order valence-corrected chi connectivity index (χ3v) is 4.10. The Bertz CT molecular complexity index is 467. The lowest BCUT2D eigenvalue weighted by Gasteiger charge is -2.37. The molecule has 0 amide bonds. The molecule has 0 spiro atoms. The van der Waals surface area contributed by atoms with Crippen LogP contribution in [-0.4, -0.2) is 59.3 Å². The molecule has 5 heteroatoms. The van der Waals surface area contributed by atoms with Crippen LogP contribution in [0.25, 0.3) is 0 Å². The molecule has 2 rings (SSSR count). The van der Waals surface area contributed by atoms with Crippen molar-refractivity contribution in [3.05, 3.63) is 29.8 Å². The molecule has 4 nitrogen and oxygen atoms in total. The van der Waals surface area contributed by atoms with Gasteiger partial charge in [0, 0.05) is 44.7 Å². The summed E-state index contributed by atoms with van der Waals surface area (Å²) in [6, 6.07) is 3.33. The highest BCUT2D eigenvalue weighted by Crippen LogP contribution is 2.12. The lowest BCUT2D eigenvalue weighted by molar-refractivity contribution is 0.0784. The van der Waals surface area contributed by atoms with Crippen molar-refractivity contribution in [2.24, 2.45) is 5.92 Å². The second kappa shape index (κ2) is 7.09. The number of halogens is 1. The number of hydrogen-bond donors (Lipinski definition) is 0. The molecular formula is C16H24FN3O. The maximum Gasteiger partial charge on any atom is 0.185 e. The molecule has 0 N–H and O–H groups in total. The molecule has 2 heterocycles. The van der Waals surface area contributed by atoms with Gasteiger partial charge in [0.05, 0.1) is 6.20 Å². The summed E-state index contributed by atoms with van der Waals surface area (Å²) in [4.78, 5) is 20.9. The first-order valence-electron chi connectivity index (χ1n) is 7.59. The summed E-state index contributed by atoms with van der Waals surface area (Å²) in [6.07, 6.45) is 1.10. The topological polar surface area (TPSA) is 36.4 Å². The van der Waals surface area contributed by atoms with Crippen LogP contribution in [0.5, 0.6) is 0 Å². The van der Waals surface area contributed by atoms with E-state index >= 15 is 0 Å². The van der Waals surface area contributed by atoms with Crippen molar-refractivity contribution in [1.82, 2.24) is 14.8 Å². The minimum Gasteiger partial charge on any atom is -0.300 e. The van der Waals surface area contributed by atoms with Crippen molar-refractivity contribution < 1.29 is 9.18 Å². The predicted molar refractivity (Wildman–Crippen MR) is 80.8 cm³/mol. The fraction of sp³-hybridized carbons (Fsp3) is 0.625. The predicted octanol–water partition coefficient (Wildman–Crippen LogP) is 2.07. The van der Waals surface area contributed by atoms with Crippen molar-refractivity contribution in [2.45, 2.75) is 26.8 Å². The summed E-state index contributed by atoms with van der Waals surface area (Å²) in [5, 5.41) is 0. The number of piperazine rings is 1. The van der Waals surface area contributed by atoms with Gasteiger partial charge in [0.25, 0.3) is 0 Å². The smallest absolute Gasteiger partial charge is 0.185 e. The molecule has 1 saturated heterocycles. The van der Waals surface area contributed by atoms with Crippen LogP contribution in [0.4, 0.5) is 4.39 Å². The van der Waals surface area contributed by atoms with Crippen molar-refractivity contribution in [3.8, 4) is 0 Å². The summed E-state index contributed by atoms with van der Waals surface area (Å²) in [7, 11) is 0. The Hall–Kier alpha value is -1.33. The van der Waals surface area contributed by atoms with E-state index in [4.69, 9.17) is 0 Å². The van der Waals surface area contributed by atoms with Crippen LogP contribution in [0.15, 0.2) is 18.3 Å². The van der Waals surface area contributed by atoms with Gasteiger partial charge in [0.2, 0.25) is 0 Å². The molecule has 0 aromatic carbocycles. The van der Waals surface area contributed by atoms with Crippen LogP contribution in [0.2, 0.25) is 0 Å². The van der Waals surface area contributed by atoms with Crippen LogP contribution in [0, 0.1) is 11.7 Å². The summed E-state index contributed by atoms with van der Waals surface area (Å²) < 4.78 is 12.8. The second-order valence-electron chi connectivity index (χ2n) is 6.06. The number of pyridine rings is 1. The van der Waals surface area contributed by atoms with Gasteiger partial charge in [-0.25, -0.2) is 4.39 Å². The molecule has 21 heavy (non-hydrogen) atoms. The van der Waals surface area contributed by atoms with Crippen LogP contribution < -0.4 is 0 Å². The summed E-state index contributed by atoms with van der Waals surface area (Å²) in [6.45, 7) is 11.2. The Balaban J connectivity index is 1.86. The highest BCUT2D eigenvalue weighted by atomic mass is 19.1. The first kappa shape index (κ1) is 16.0. The average Bonchev–Trinajstić information content (AvgIpc) is 2.47. The molecule has 1 aliphatic heterocycles. The summed E-state index contributed by atoms with van der Waals surface area (Å²) >= 11 is 0. The lowest BCUT2D eigenvalue weighted by Crippen LogP contribution is -2.50. The van der Waals surface area contributed by atoms with E-state index < -0.39 is 5.82 Å². The van der Waals surface area contributed by atoms with Gasteiger partial charge >= 0.3 is 0 Å². The average molecular weight is 293 g/mol. The van der Waals surface area contributed by atoms with Crippen LogP contribution in [0.3, 0.4) is 0 Å². The van der Waals surface area contributed by atoms with Crippen LogP contribution >= 0.6 is 0 Å². The van der Waals surface area contributed by atoms with E-state index in [9.17, 15) is 9.18 Å². The number of Topliss-reactive ketones (excluding diaryl/α,β-unsaturated/α-hetero) is 1. The standard InChI is InChI=1S/C16H24FN3O/c1-12(2)20-8-6-19(7-9-20)11-13(3)16(21)15-5-4-14(17)10-18-15/h4-5,10,12-13H,6-9,11H2,1-3H3. The van der Waals surface area contributed by atoms with E-state index in [0.29, 0.717) is 11.7 Å². The van der Waals surface area contributed by atoms with E-state index in [-0.39, 0.29) is 11.7 Å². The molecule has 0 radical (unpaired) electrons. The number of nitrogens with zero attached hydrogens (tertiary/aromatic N) is 3. The molecule has 1 aliphatic rings. The summed E-state index contributed by atoms with van der Waals surface area (Å²) in [5.41, 5.74) is 0.352. The largest absolute Gasteiger partial charge is 0.300 e. The molecule has 1 unspecified atom stereocenters. The summed E-state index contributed by atoms with van der Waals surface area (Å²) in [5.74, 6) is -0.543. The molecule has 1 aromatic heterocycles. The zero-order valence-electron chi connectivity index (χ0n) is 13.1. The Labute approximate surface area is 126 Å². The van der Waals surface area contributed by atoms with Gasteiger partial charge in [-0.05, 0) is 26.0 Å². The SMILES string of the molecule is CC(CN1CCN(C(C)C)CC1)C(=O)c1ccc(F)cn1. The van der Waals surface area contributed by atoms with Crippen molar-refractivity contribution in [2.75, 3.05) is 32.7 Å². The molecule has 0 aliphatic carbocycles. The zero-order valence-corrected chi connectivity index (χ0v) is 13.1. The Morgan fingerprint density at radius 1 is 1.24 bits per heavy atom. The van der Waals surface area contributed by atoms with Gasteiger partial charge in [0.15, 0.2) is 5.78 Å². The van der Waals surface area contributed by atoms with Gasteiger partial charge in [-0.3, -0.25) is 14.7 Å². The number of rotatable bonds is 5. The highest BCUT2D eigenvalue weighted by molar-refractivity contribution is 5.95. The van der Waals surface area contributed by atoms with Gasteiger partial charge in [-0.2, -0.15) is 0 Å². The minimum atomic E-state index is -0.413. The zero-order chi connectivity index (χ0) is 15.4. The number of hydrogen-bond acceptors (Lipinski definition) is 4. The fourth-order valence-electron chi connectivity index (χ4n) is 2.71. The quantitative estimate of drug-likeness (QED) is 0.779. The van der Waals surface area contributed by atoms with Gasteiger partial charge in [-0.15, -0.1) is 0 Å². The van der Waals surface area contributed by atoms with Gasteiger partial charge in [0.1, 0.15) is 11.5 Å². The third kappa shape index (κ3) is 4.32. The first-order chi connectivity index (χ1) is 9.97. The molecule has 0 bridgehead atoms. The number of ketones is 1. The van der Waals surface area contributed by atoms with E-state index in [0.717, 1.165) is 38.9 Å². The molecule has 1 fully saturated rings. The fourth-order valence-corrected chi connectivity index (χ4v) is 2.71. The Kier molecular flexibility index (Phi) is 5.42. The van der Waals surface area contributed by atoms with E-state index in [1.807, 2.05) is 6.92 Å². The van der Waals surface area contributed by atoms with Crippen LogP contribution in [-0.2, 0) is 0 Å². The maximum absolute atomic E-state index is 12.8. The van der Waals surface area contributed by atoms with Gasteiger partial charge < -0.3 is 4.90 Å². The Morgan fingerprint density at radius 2 is 1.90 bits per heavy atom. The van der Waals surface area contributed by atoms with E-state index in [1.54, 1.807) is 0 Å². The molecule has 1 atom stereocenters. The first-order valence-corrected chi connectivity index (χ1v) is 7.59. The van der Waals surface area contributed by atoms with Crippen molar-refractivity contribution in [1.29, 1.82) is 0 Å². The minimum absolute atomic E-state index is 0.0127. The molecular weight excluding hydrogens is 269 g/mol. The molecule has 1 aromatic rings. The number of carbonyl (C=O) groups is 1. The van der Waals surface area contributed by atoms with E-state index in [1.165, 1.54) is 12.1 Å². The second-order valence-corrected chi connectivity index (χ2v) is 6.06. The normalized spacial score (nSPS) is 18.9. The van der Waals surface area contributed by atoms with Crippen LogP contribution in [0.1, 0.15) is 31.3 Å². The number of carbonyl (C=O) groups excluding carboxylic acids is 1. The van der Waals surface area contributed by atoms with Gasteiger partial charge in [-0.1, -0.05) is 6.92 Å². The highest BCUT2D eigenvalue weighted by Gasteiger charge is 2.23. The van der Waals surface area contributed by atoms with Crippen molar-refractivity contribution in [3.63, 3.8) is 0 Å². The molecule has 116 valence electrons. The van der Waals surface area contributed by atoms with E-state index in [2.05, 4.69) is 28.6 Å².